The number of halogens is 2. The molecule has 3 aromatic rings. The van der Waals surface area contributed by atoms with Gasteiger partial charge in [0, 0.05) is 28.2 Å². The number of nitrogens with zero attached hydrogens (tertiary/aromatic N) is 2. The Morgan fingerprint density at radius 3 is 2.39 bits per heavy atom. The number of aryl methyl sites for hydroxylation is 1. The number of nitrogens with one attached hydrogen (secondary N) is 2. The molecule has 4 nitrogen and oxygen atoms in total. The van der Waals surface area contributed by atoms with E-state index in [4.69, 9.17) is 11.6 Å². The van der Waals surface area contributed by atoms with Gasteiger partial charge in [0.15, 0.2) is 0 Å². The first-order valence-corrected chi connectivity index (χ1v) is 7.37. The molecule has 2 aromatic carbocycles. The molecule has 6 heteroatoms. The van der Waals surface area contributed by atoms with Crippen molar-refractivity contribution in [2.24, 2.45) is 0 Å². The van der Waals surface area contributed by atoms with Gasteiger partial charge in [0.25, 0.3) is 0 Å². The van der Waals surface area contributed by atoms with Gasteiger partial charge in [0.2, 0.25) is 5.95 Å². The monoisotopic (exact) mass is 328 g/mol. The zero-order valence-corrected chi connectivity index (χ0v) is 13.1. The molecule has 0 amide bonds. The van der Waals surface area contributed by atoms with Crippen LogP contribution in [0.2, 0.25) is 5.02 Å². The third-order valence-electron chi connectivity index (χ3n) is 3.03. The molecule has 116 valence electrons. The van der Waals surface area contributed by atoms with Crippen LogP contribution in [0.1, 0.15) is 5.69 Å². The van der Waals surface area contributed by atoms with Crippen molar-refractivity contribution in [3.8, 4) is 0 Å². The van der Waals surface area contributed by atoms with E-state index < -0.39 is 0 Å². The second-order valence-electron chi connectivity index (χ2n) is 4.99. The quantitative estimate of drug-likeness (QED) is 0.702. The highest BCUT2D eigenvalue weighted by atomic mass is 35.5. The first kappa shape index (κ1) is 15.2. The molecular weight excluding hydrogens is 315 g/mol. The Labute approximate surface area is 138 Å². The van der Waals surface area contributed by atoms with Crippen LogP contribution in [0.25, 0.3) is 0 Å². The van der Waals surface area contributed by atoms with E-state index in [1.54, 1.807) is 30.3 Å². The number of anilines is 4. The van der Waals surface area contributed by atoms with Crippen molar-refractivity contribution in [3.05, 3.63) is 71.1 Å². The number of aromatic nitrogens is 2. The third-order valence-corrected chi connectivity index (χ3v) is 3.27. The minimum Gasteiger partial charge on any atom is -0.340 e. The average molecular weight is 329 g/mol. The summed E-state index contributed by atoms with van der Waals surface area (Å²) < 4.78 is 13.3. The van der Waals surface area contributed by atoms with Gasteiger partial charge >= 0.3 is 0 Å². The fraction of sp³-hybridized carbons (Fsp3) is 0.0588. The summed E-state index contributed by atoms with van der Waals surface area (Å²) in [6.07, 6.45) is 0. The Hall–Kier alpha value is -2.66. The van der Waals surface area contributed by atoms with E-state index in [0.29, 0.717) is 22.5 Å². The lowest BCUT2D eigenvalue weighted by molar-refractivity contribution is 0.628. The van der Waals surface area contributed by atoms with Crippen molar-refractivity contribution in [2.75, 3.05) is 10.6 Å². The van der Waals surface area contributed by atoms with E-state index in [0.717, 1.165) is 11.4 Å². The standard InChI is InChI=1S/C17H14ClFN4/c1-11-8-16(21-15-7-3-5-13(19)10-15)23-17(20-11)22-14-6-2-4-12(18)9-14/h2-10H,1H3,(H2,20,21,22,23). The van der Waals surface area contributed by atoms with Gasteiger partial charge in [-0.1, -0.05) is 23.7 Å². The molecule has 1 aromatic heterocycles. The molecule has 0 unspecified atom stereocenters. The lowest BCUT2D eigenvalue weighted by Crippen LogP contribution is -2.02. The summed E-state index contributed by atoms with van der Waals surface area (Å²) in [5.74, 6) is 0.705. The number of hydrogen-bond donors (Lipinski definition) is 2. The fourth-order valence-corrected chi connectivity index (χ4v) is 2.29. The molecular formula is C17H14ClFN4. The van der Waals surface area contributed by atoms with E-state index in [1.165, 1.54) is 12.1 Å². The highest BCUT2D eigenvalue weighted by Gasteiger charge is 2.04. The molecule has 0 spiro atoms. The van der Waals surface area contributed by atoms with Crippen LogP contribution in [0.3, 0.4) is 0 Å². The van der Waals surface area contributed by atoms with Gasteiger partial charge in [-0.05, 0) is 43.3 Å². The van der Waals surface area contributed by atoms with Gasteiger partial charge < -0.3 is 10.6 Å². The first-order valence-electron chi connectivity index (χ1n) is 6.99. The van der Waals surface area contributed by atoms with Crippen LogP contribution in [0.15, 0.2) is 54.6 Å². The van der Waals surface area contributed by atoms with Gasteiger partial charge in [-0.3, -0.25) is 0 Å². The smallest absolute Gasteiger partial charge is 0.229 e. The topological polar surface area (TPSA) is 49.8 Å². The summed E-state index contributed by atoms with van der Waals surface area (Å²) in [7, 11) is 0. The fourth-order valence-electron chi connectivity index (χ4n) is 2.10. The Morgan fingerprint density at radius 2 is 1.65 bits per heavy atom. The summed E-state index contributed by atoms with van der Waals surface area (Å²) in [4.78, 5) is 8.72. The molecule has 0 aliphatic rings. The molecule has 3 rings (SSSR count). The van der Waals surface area contributed by atoms with E-state index in [9.17, 15) is 4.39 Å². The molecule has 2 N–H and O–H groups in total. The maximum absolute atomic E-state index is 13.3. The van der Waals surface area contributed by atoms with E-state index in [-0.39, 0.29) is 5.82 Å². The van der Waals surface area contributed by atoms with Gasteiger partial charge in [-0.25, -0.2) is 9.37 Å². The zero-order chi connectivity index (χ0) is 16.2. The van der Waals surface area contributed by atoms with Crippen molar-refractivity contribution >= 4 is 34.7 Å². The van der Waals surface area contributed by atoms with Crippen LogP contribution in [0, 0.1) is 12.7 Å². The minimum atomic E-state index is -0.307. The van der Waals surface area contributed by atoms with E-state index in [2.05, 4.69) is 20.6 Å². The number of rotatable bonds is 4. The molecule has 0 bridgehead atoms. The first-order chi connectivity index (χ1) is 11.1. The molecule has 0 aliphatic heterocycles. The predicted octanol–water partition coefficient (Wildman–Crippen LogP) is 5.06. The Bertz CT molecular complexity index is 773. The van der Waals surface area contributed by atoms with Crippen LogP contribution < -0.4 is 10.6 Å². The molecule has 0 saturated carbocycles. The Kier molecular flexibility index (Phi) is 4.39. The molecule has 0 fully saturated rings. The van der Waals surface area contributed by atoms with Gasteiger partial charge in [0.05, 0.1) is 0 Å². The van der Waals surface area contributed by atoms with Crippen LogP contribution in [-0.4, -0.2) is 9.97 Å². The number of hydrogen-bond acceptors (Lipinski definition) is 4. The molecule has 0 radical (unpaired) electrons. The van der Waals surface area contributed by atoms with Gasteiger partial charge in [-0.2, -0.15) is 4.98 Å². The van der Waals surface area contributed by atoms with Crippen molar-refractivity contribution in [1.82, 2.24) is 9.97 Å². The van der Waals surface area contributed by atoms with Crippen LogP contribution in [0.5, 0.6) is 0 Å². The van der Waals surface area contributed by atoms with Gasteiger partial charge in [-0.15, -0.1) is 0 Å². The van der Waals surface area contributed by atoms with Gasteiger partial charge in [0.1, 0.15) is 11.6 Å². The molecule has 0 atom stereocenters. The largest absolute Gasteiger partial charge is 0.340 e. The van der Waals surface area contributed by atoms with E-state index >= 15 is 0 Å². The van der Waals surface area contributed by atoms with Crippen molar-refractivity contribution in [1.29, 1.82) is 0 Å². The Morgan fingerprint density at radius 1 is 0.913 bits per heavy atom. The third kappa shape index (κ3) is 4.17. The average Bonchev–Trinajstić information content (AvgIpc) is 2.46. The lowest BCUT2D eigenvalue weighted by Gasteiger charge is -2.10. The summed E-state index contributed by atoms with van der Waals surface area (Å²) in [6.45, 7) is 1.86. The summed E-state index contributed by atoms with van der Waals surface area (Å²) in [5.41, 5.74) is 2.19. The molecule has 23 heavy (non-hydrogen) atoms. The maximum atomic E-state index is 13.3. The molecule has 0 aliphatic carbocycles. The van der Waals surface area contributed by atoms with Crippen molar-refractivity contribution in [2.45, 2.75) is 6.92 Å². The van der Waals surface area contributed by atoms with E-state index in [1.807, 2.05) is 19.1 Å². The summed E-state index contributed by atoms with van der Waals surface area (Å²) in [5, 5.41) is 6.79. The number of benzene rings is 2. The van der Waals surface area contributed by atoms with Crippen molar-refractivity contribution in [3.63, 3.8) is 0 Å². The normalized spacial score (nSPS) is 10.4. The SMILES string of the molecule is Cc1cc(Nc2cccc(F)c2)nc(Nc2cccc(Cl)c2)n1. The van der Waals surface area contributed by atoms with Crippen LogP contribution in [-0.2, 0) is 0 Å². The highest BCUT2D eigenvalue weighted by Crippen LogP contribution is 2.21. The Balaban J connectivity index is 1.84. The highest BCUT2D eigenvalue weighted by molar-refractivity contribution is 6.30. The van der Waals surface area contributed by atoms with Crippen LogP contribution >= 0.6 is 11.6 Å². The minimum absolute atomic E-state index is 0.307. The molecule has 0 saturated heterocycles. The summed E-state index contributed by atoms with van der Waals surface area (Å²) >= 11 is 5.97. The van der Waals surface area contributed by atoms with Crippen molar-refractivity contribution < 1.29 is 4.39 Å². The maximum Gasteiger partial charge on any atom is 0.229 e. The van der Waals surface area contributed by atoms with Crippen LogP contribution in [0.4, 0.5) is 27.5 Å². The second kappa shape index (κ2) is 6.62. The zero-order valence-electron chi connectivity index (χ0n) is 12.3. The lowest BCUT2D eigenvalue weighted by atomic mass is 10.3. The predicted molar refractivity (Wildman–Crippen MR) is 91.2 cm³/mol. The molecule has 1 heterocycles. The second-order valence-corrected chi connectivity index (χ2v) is 5.43. The summed E-state index contributed by atoms with van der Waals surface area (Å²) in [6, 6.07) is 15.3.